The van der Waals surface area contributed by atoms with Gasteiger partial charge in [0.1, 0.15) is 16.3 Å². The van der Waals surface area contributed by atoms with Gasteiger partial charge in [-0.3, -0.25) is 14.2 Å². The van der Waals surface area contributed by atoms with Crippen LogP contribution in [0.15, 0.2) is 83.2 Å². The van der Waals surface area contributed by atoms with Crippen LogP contribution in [0, 0.1) is 17.1 Å². The van der Waals surface area contributed by atoms with E-state index in [1.54, 1.807) is 60.7 Å². The number of nitrogens with zero attached hydrogens (tertiary/aromatic N) is 2. The van der Waals surface area contributed by atoms with Gasteiger partial charge in [0.05, 0.1) is 33.4 Å². The third kappa shape index (κ3) is 4.41. The normalized spacial score (nSPS) is 15.3. The predicted octanol–water partition coefficient (Wildman–Crippen LogP) is 4.42. The Balaban J connectivity index is 1.85. The highest BCUT2D eigenvalue weighted by molar-refractivity contribution is 7.07. The average molecular weight is 563 g/mol. The van der Waals surface area contributed by atoms with Gasteiger partial charge in [-0.2, -0.15) is 5.26 Å². The number of nitrogens with two attached hydrogens (primary N) is 1. The first-order chi connectivity index (χ1) is 18.3. The number of benzene rings is 3. The van der Waals surface area contributed by atoms with Crippen LogP contribution in [0.1, 0.15) is 17.0 Å². The summed E-state index contributed by atoms with van der Waals surface area (Å²) in [6, 6.07) is 21.5. The molecule has 0 saturated carbocycles. The van der Waals surface area contributed by atoms with Crippen LogP contribution < -0.4 is 25.8 Å². The Kier molecular flexibility index (Phi) is 6.91. The molecule has 3 aromatic carbocycles. The van der Waals surface area contributed by atoms with Gasteiger partial charge < -0.3 is 11.1 Å². The van der Waals surface area contributed by atoms with Crippen molar-refractivity contribution in [3.05, 3.63) is 125 Å². The fourth-order valence-electron chi connectivity index (χ4n) is 4.27. The second-order valence-corrected chi connectivity index (χ2v) is 10.1. The molecular formula is C28H17Cl2FN4O2S. The largest absolute Gasteiger partial charge is 0.384 e. The number of nitriles is 1. The van der Waals surface area contributed by atoms with Gasteiger partial charge >= 0.3 is 0 Å². The summed E-state index contributed by atoms with van der Waals surface area (Å²) in [6.45, 7) is 0. The van der Waals surface area contributed by atoms with E-state index >= 15 is 0 Å². The Labute approximate surface area is 230 Å². The van der Waals surface area contributed by atoms with Gasteiger partial charge in [0.2, 0.25) is 0 Å². The average Bonchev–Trinajstić information content (AvgIpc) is 3.22. The Bertz CT molecular complexity index is 1870. The van der Waals surface area contributed by atoms with Crippen molar-refractivity contribution in [2.45, 2.75) is 5.92 Å². The summed E-state index contributed by atoms with van der Waals surface area (Å²) >= 11 is 13.8. The topological polar surface area (TPSA) is 101 Å². The molecule has 10 heteroatoms. The van der Waals surface area contributed by atoms with Crippen LogP contribution >= 0.6 is 34.5 Å². The maximum absolute atomic E-state index is 14.5. The van der Waals surface area contributed by atoms with Crippen LogP contribution in [-0.2, 0) is 4.79 Å². The van der Waals surface area contributed by atoms with Crippen molar-refractivity contribution >= 4 is 63.6 Å². The number of carbonyl (C=O) groups is 1. The predicted molar refractivity (Wildman–Crippen MR) is 148 cm³/mol. The summed E-state index contributed by atoms with van der Waals surface area (Å²) in [7, 11) is 0. The molecule has 0 aliphatic carbocycles. The lowest BCUT2D eigenvalue weighted by atomic mass is 9.83. The quantitative estimate of drug-likeness (QED) is 0.384. The van der Waals surface area contributed by atoms with Crippen LogP contribution in [0.25, 0.3) is 17.5 Å². The van der Waals surface area contributed by atoms with E-state index in [1.165, 1.54) is 18.2 Å². The Hall–Kier alpha value is -4.16. The summed E-state index contributed by atoms with van der Waals surface area (Å²) < 4.78 is 16.0. The minimum atomic E-state index is -1.01. The lowest BCUT2D eigenvalue weighted by Gasteiger charge is -2.26. The summed E-state index contributed by atoms with van der Waals surface area (Å²) in [5, 5.41) is 13.4. The number of anilines is 1. The number of hydrogen-bond donors (Lipinski definition) is 2. The number of carbonyl (C=O) groups excluding carboxylic acids is 1. The van der Waals surface area contributed by atoms with Crippen molar-refractivity contribution in [2.24, 2.45) is 5.73 Å². The molecule has 5 rings (SSSR count). The molecule has 4 aromatic rings. The van der Waals surface area contributed by atoms with Crippen molar-refractivity contribution in [1.82, 2.24) is 4.57 Å². The standard InChI is InChI=1S/C28H17Cl2FN4O2S/c29-18-9-3-1-7-15(18)13-22-27(37)35-25(33)17(14-32)23(16-8-2-4-10-19(16)30)24(28(35)38-22)26(36)34-21-12-6-5-11-20(21)31/h1-13,23H,33H2,(H,34,36)/b22-13-. The second kappa shape index (κ2) is 10.3. The van der Waals surface area contributed by atoms with Crippen LogP contribution in [0.5, 0.6) is 0 Å². The van der Waals surface area contributed by atoms with Gasteiger partial charge in [-0.15, -0.1) is 11.3 Å². The summed E-state index contributed by atoms with van der Waals surface area (Å²) in [5.74, 6) is -2.47. The molecule has 0 saturated heterocycles. The number of aromatic nitrogens is 1. The van der Waals surface area contributed by atoms with Crippen LogP contribution in [0.2, 0.25) is 10.0 Å². The molecule has 188 valence electrons. The first-order valence-corrected chi connectivity index (χ1v) is 12.8. The number of amides is 1. The number of halogens is 3. The monoisotopic (exact) mass is 562 g/mol. The van der Waals surface area contributed by atoms with Crippen molar-refractivity contribution < 1.29 is 9.18 Å². The SMILES string of the molecule is N#CC1=C(N)n2c(s/c(=C\c3ccccc3Cl)c2=O)=C(C(=O)Nc2ccccc2F)C1c1ccccc1Cl. The summed E-state index contributed by atoms with van der Waals surface area (Å²) in [4.78, 5) is 27.3. The molecule has 0 radical (unpaired) electrons. The number of rotatable bonds is 4. The molecule has 0 spiro atoms. The molecular weight excluding hydrogens is 546 g/mol. The third-order valence-corrected chi connectivity index (χ3v) is 7.84. The number of hydrogen-bond acceptors (Lipinski definition) is 5. The second-order valence-electron chi connectivity index (χ2n) is 8.29. The van der Waals surface area contributed by atoms with Crippen molar-refractivity contribution in [3.8, 4) is 6.07 Å². The number of thiazole rings is 1. The van der Waals surface area contributed by atoms with Crippen LogP contribution in [0.3, 0.4) is 0 Å². The van der Waals surface area contributed by atoms with E-state index in [-0.39, 0.29) is 31.8 Å². The number of allylic oxidation sites excluding steroid dienone is 1. The molecule has 1 atom stereocenters. The van der Waals surface area contributed by atoms with E-state index < -0.39 is 23.2 Å². The highest BCUT2D eigenvalue weighted by Gasteiger charge is 2.36. The number of fused-ring (bicyclic) bond motifs is 1. The van der Waals surface area contributed by atoms with Crippen molar-refractivity contribution in [2.75, 3.05) is 5.32 Å². The highest BCUT2D eigenvalue weighted by atomic mass is 35.5. The minimum Gasteiger partial charge on any atom is -0.384 e. The van der Waals surface area contributed by atoms with Crippen LogP contribution in [0.4, 0.5) is 10.1 Å². The maximum atomic E-state index is 14.5. The molecule has 2 heterocycles. The van der Waals surface area contributed by atoms with Gasteiger partial charge in [-0.25, -0.2) is 4.39 Å². The molecule has 1 aromatic heterocycles. The zero-order valence-corrected chi connectivity index (χ0v) is 21.7. The summed E-state index contributed by atoms with van der Waals surface area (Å²) in [6.07, 6.45) is 1.59. The number of para-hydroxylation sites is 1. The molecule has 1 unspecified atom stereocenters. The number of nitrogens with one attached hydrogen (secondary N) is 1. The first-order valence-electron chi connectivity index (χ1n) is 11.2. The lowest BCUT2D eigenvalue weighted by molar-refractivity contribution is -0.111. The fraction of sp³-hybridized carbons (Fsp3) is 0.0357. The third-order valence-electron chi connectivity index (χ3n) is 6.04. The first kappa shape index (κ1) is 25.5. The van der Waals surface area contributed by atoms with E-state index in [0.717, 1.165) is 15.9 Å². The van der Waals surface area contributed by atoms with Crippen molar-refractivity contribution in [3.63, 3.8) is 0 Å². The molecule has 38 heavy (non-hydrogen) atoms. The van der Waals surface area contributed by atoms with E-state index in [0.29, 0.717) is 21.2 Å². The van der Waals surface area contributed by atoms with Crippen molar-refractivity contribution in [1.29, 1.82) is 5.26 Å². The molecule has 0 bridgehead atoms. The Morgan fingerprint density at radius 3 is 2.39 bits per heavy atom. The van der Waals surface area contributed by atoms with E-state index in [9.17, 15) is 19.2 Å². The smallest absolute Gasteiger partial charge is 0.274 e. The maximum Gasteiger partial charge on any atom is 0.274 e. The fourth-order valence-corrected chi connectivity index (χ4v) is 5.87. The van der Waals surface area contributed by atoms with E-state index in [1.807, 2.05) is 0 Å². The zero-order valence-electron chi connectivity index (χ0n) is 19.4. The molecule has 0 fully saturated rings. The van der Waals surface area contributed by atoms with E-state index in [4.69, 9.17) is 28.9 Å². The van der Waals surface area contributed by atoms with Crippen LogP contribution in [-0.4, -0.2) is 10.5 Å². The lowest BCUT2D eigenvalue weighted by Crippen LogP contribution is -2.40. The van der Waals surface area contributed by atoms with Gasteiger partial charge in [0.15, 0.2) is 0 Å². The highest BCUT2D eigenvalue weighted by Crippen LogP contribution is 2.39. The minimum absolute atomic E-state index is 0.0338. The molecule has 1 amide bonds. The molecule has 6 nitrogen and oxygen atoms in total. The summed E-state index contributed by atoms with van der Waals surface area (Å²) in [5.41, 5.74) is 6.85. The van der Waals surface area contributed by atoms with Gasteiger partial charge in [-0.05, 0) is 41.5 Å². The molecule has 1 aliphatic rings. The molecule has 1 aliphatic heterocycles. The molecule has 3 N–H and O–H groups in total. The van der Waals surface area contributed by atoms with Gasteiger partial charge in [0.25, 0.3) is 11.5 Å². The Morgan fingerprint density at radius 2 is 1.71 bits per heavy atom. The van der Waals surface area contributed by atoms with E-state index in [2.05, 4.69) is 11.4 Å². The van der Waals surface area contributed by atoms with Gasteiger partial charge in [0, 0.05) is 10.0 Å². The van der Waals surface area contributed by atoms with Gasteiger partial charge in [-0.1, -0.05) is 71.7 Å². The zero-order chi connectivity index (χ0) is 27.0. The Morgan fingerprint density at radius 1 is 1.05 bits per heavy atom.